The maximum atomic E-state index is 12.6. The van der Waals surface area contributed by atoms with E-state index in [-0.39, 0.29) is 5.78 Å². The van der Waals surface area contributed by atoms with Crippen molar-refractivity contribution in [1.82, 2.24) is 0 Å². The van der Waals surface area contributed by atoms with Gasteiger partial charge in [-0.05, 0) is 48.9 Å². The van der Waals surface area contributed by atoms with E-state index in [0.29, 0.717) is 0 Å². The zero-order valence-corrected chi connectivity index (χ0v) is 12.2. The molecule has 100 valence electrons. The number of carbonyl (C=O) groups excluding carboxylic acids is 1. The van der Waals surface area contributed by atoms with Crippen molar-refractivity contribution in [3.8, 4) is 6.07 Å². The molecule has 0 saturated carbocycles. The molecule has 0 radical (unpaired) electrons. The first-order chi connectivity index (χ1) is 9.70. The number of ketones is 1. The number of rotatable bonds is 3. The predicted octanol–water partition coefficient (Wildman–Crippen LogP) is 4.04. The van der Waals surface area contributed by atoms with Gasteiger partial charge in [0.05, 0.1) is 10.9 Å². The van der Waals surface area contributed by atoms with Crippen LogP contribution in [0.2, 0.25) is 0 Å². The van der Waals surface area contributed by atoms with Crippen molar-refractivity contribution in [2.75, 3.05) is 0 Å². The van der Waals surface area contributed by atoms with Crippen molar-refractivity contribution >= 4 is 17.1 Å². The number of nitriles is 1. The molecule has 0 bridgehead atoms. The van der Waals surface area contributed by atoms with Crippen molar-refractivity contribution in [1.29, 1.82) is 5.26 Å². The van der Waals surface area contributed by atoms with Crippen molar-refractivity contribution in [3.05, 3.63) is 56.8 Å². The second-order valence-corrected chi connectivity index (χ2v) is 6.33. The predicted molar refractivity (Wildman–Crippen MR) is 80.2 cm³/mol. The Hall–Kier alpha value is -1.92. The van der Waals surface area contributed by atoms with Crippen molar-refractivity contribution in [2.24, 2.45) is 0 Å². The van der Waals surface area contributed by atoms with E-state index in [4.69, 9.17) is 0 Å². The largest absolute Gasteiger partial charge is 0.291 e. The van der Waals surface area contributed by atoms with E-state index in [2.05, 4.69) is 6.07 Å². The van der Waals surface area contributed by atoms with Crippen LogP contribution in [0.25, 0.3) is 0 Å². The van der Waals surface area contributed by atoms with Crippen LogP contribution in [0, 0.1) is 18.3 Å². The van der Waals surface area contributed by atoms with Gasteiger partial charge in [-0.2, -0.15) is 5.26 Å². The molecule has 1 aliphatic carbocycles. The highest BCUT2D eigenvalue weighted by molar-refractivity contribution is 7.14. The molecule has 3 heteroatoms. The Morgan fingerprint density at radius 3 is 2.85 bits per heavy atom. The number of aryl methyl sites for hydroxylation is 3. The maximum absolute atomic E-state index is 12.6. The lowest BCUT2D eigenvalue weighted by Gasteiger charge is -2.10. The third-order valence-electron chi connectivity index (χ3n) is 3.88. The van der Waals surface area contributed by atoms with Gasteiger partial charge in [0.15, 0.2) is 5.78 Å². The zero-order chi connectivity index (χ0) is 14.1. The van der Waals surface area contributed by atoms with Crippen LogP contribution in [0.15, 0.2) is 30.3 Å². The second-order valence-electron chi connectivity index (χ2n) is 5.20. The van der Waals surface area contributed by atoms with Gasteiger partial charge in [0.25, 0.3) is 0 Å². The Morgan fingerprint density at radius 1 is 1.35 bits per heavy atom. The molecule has 3 rings (SSSR count). The summed E-state index contributed by atoms with van der Waals surface area (Å²) < 4.78 is 0. The molecule has 1 aliphatic rings. The molecular weight excluding hydrogens is 266 g/mol. The van der Waals surface area contributed by atoms with Gasteiger partial charge in [-0.1, -0.05) is 24.3 Å². The van der Waals surface area contributed by atoms with Crippen LogP contribution in [0.1, 0.15) is 43.6 Å². The fourth-order valence-electron chi connectivity index (χ4n) is 2.77. The summed E-state index contributed by atoms with van der Waals surface area (Å²) in [6.07, 6.45) is 3.34. The van der Waals surface area contributed by atoms with Crippen LogP contribution in [0.4, 0.5) is 0 Å². The minimum absolute atomic E-state index is 0.0544. The van der Waals surface area contributed by atoms with E-state index in [1.807, 2.05) is 37.3 Å². The van der Waals surface area contributed by atoms with Gasteiger partial charge in [-0.3, -0.25) is 4.79 Å². The quantitative estimate of drug-likeness (QED) is 0.797. The molecule has 20 heavy (non-hydrogen) atoms. The summed E-state index contributed by atoms with van der Waals surface area (Å²) in [4.78, 5) is 14.7. The molecule has 1 heterocycles. The van der Waals surface area contributed by atoms with Crippen LogP contribution in [0.5, 0.6) is 0 Å². The highest BCUT2D eigenvalue weighted by Gasteiger charge is 2.26. The molecule has 1 aromatic heterocycles. The van der Waals surface area contributed by atoms with E-state index in [9.17, 15) is 10.1 Å². The number of hydrogen-bond donors (Lipinski definition) is 0. The maximum Gasteiger partial charge on any atom is 0.194 e. The van der Waals surface area contributed by atoms with Crippen LogP contribution >= 0.6 is 11.3 Å². The molecule has 0 saturated heterocycles. The molecule has 0 aliphatic heterocycles. The standard InChI is InChI=1S/C17H15NOS/c1-11-5-2-3-7-13(11)14(10-18)17(19)16-9-12-6-4-8-15(12)20-16/h2-3,5,7,9,14H,4,6,8H2,1H3. The Bertz CT molecular complexity index is 687. The molecule has 1 unspecified atom stereocenters. The van der Waals surface area contributed by atoms with E-state index in [1.54, 1.807) is 11.3 Å². The normalized spacial score (nSPS) is 14.6. The summed E-state index contributed by atoms with van der Waals surface area (Å²) in [5.41, 5.74) is 3.13. The van der Waals surface area contributed by atoms with Crippen LogP contribution < -0.4 is 0 Å². The molecule has 0 fully saturated rings. The Morgan fingerprint density at radius 2 is 2.15 bits per heavy atom. The van der Waals surface area contributed by atoms with E-state index < -0.39 is 5.92 Å². The van der Waals surface area contributed by atoms with Gasteiger partial charge in [0.1, 0.15) is 5.92 Å². The topological polar surface area (TPSA) is 40.9 Å². The van der Waals surface area contributed by atoms with Crippen LogP contribution in [-0.4, -0.2) is 5.78 Å². The summed E-state index contributed by atoms with van der Waals surface area (Å²) in [5.74, 6) is -0.740. The average Bonchev–Trinajstić information content (AvgIpc) is 3.02. The third-order valence-corrected chi connectivity index (χ3v) is 5.13. The molecule has 1 aromatic carbocycles. The van der Waals surface area contributed by atoms with Gasteiger partial charge in [0.2, 0.25) is 0 Å². The summed E-state index contributed by atoms with van der Waals surface area (Å²) in [6, 6.07) is 11.8. The lowest BCUT2D eigenvalue weighted by Crippen LogP contribution is -2.11. The molecular formula is C17H15NOS. The number of carbonyl (C=O) groups is 1. The number of hydrogen-bond acceptors (Lipinski definition) is 3. The van der Waals surface area contributed by atoms with Crippen molar-refractivity contribution < 1.29 is 4.79 Å². The lowest BCUT2D eigenvalue weighted by molar-refractivity contribution is 0.0982. The fourth-order valence-corrected chi connectivity index (χ4v) is 4.00. The average molecular weight is 281 g/mol. The molecule has 0 N–H and O–H groups in total. The molecule has 2 nitrogen and oxygen atoms in total. The van der Waals surface area contributed by atoms with Gasteiger partial charge >= 0.3 is 0 Å². The van der Waals surface area contributed by atoms with Crippen LogP contribution in [0.3, 0.4) is 0 Å². The SMILES string of the molecule is Cc1ccccc1C(C#N)C(=O)c1cc2c(s1)CCC2. The Balaban J connectivity index is 1.95. The minimum Gasteiger partial charge on any atom is -0.291 e. The van der Waals surface area contributed by atoms with E-state index >= 15 is 0 Å². The van der Waals surface area contributed by atoms with Gasteiger partial charge < -0.3 is 0 Å². The van der Waals surface area contributed by atoms with Gasteiger partial charge in [-0.15, -0.1) is 11.3 Å². The van der Waals surface area contributed by atoms with Crippen molar-refractivity contribution in [3.63, 3.8) is 0 Å². The summed E-state index contributed by atoms with van der Waals surface area (Å²) in [6.45, 7) is 1.95. The number of benzene rings is 1. The number of fused-ring (bicyclic) bond motifs is 1. The number of Topliss-reactive ketones (excluding diaryl/α,β-unsaturated/α-hetero) is 1. The minimum atomic E-state index is -0.685. The van der Waals surface area contributed by atoms with Crippen LogP contribution in [-0.2, 0) is 12.8 Å². The summed E-state index contributed by atoms with van der Waals surface area (Å²) in [7, 11) is 0. The smallest absolute Gasteiger partial charge is 0.194 e. The first-order valence-corrected chi connectivity index (χ1v) is 7.63. The van der Waals surface area contributed by atoms with E-state index in [0.717, 1.165) is 28.8 Å². The first-order valence-electron chi connectivity index (χ1n) is 6.81. The number of thiophene rings is 1. The molecule has 1 atom stereocenters. The zero-order valence-electron chi connectivity index (χ0n) is 11.3. The lowest BCUT2D eigenvalue weighted by atomic mass is 9.91. The summed E-state index contributed by atoms with van der Waals surface area (Å²) >= 11 is 1.57. The summed E-state index contributed by atoms with van der Waals surface area (Å²) in [5, 5.41) is 9.42. The first kappa shape index (κ1) is 13.1. The Labute approximate surface area is 122 Å². The Kier molecular flexibility index (Phi) is 3.42. The molecule has 0 amide bonds. The fraction of sp³-hybridized carbons (Fsp3) is 0.294. The highest BCUT2D eigenvalue weighted by atomic mass is 32.1. The second kappa shape index (κ2) is 5.22. The van der Waals surface area contributed by atoms with Crippen molar-refractivity contribution in [2.45, 2.75) is 32.1 Å². The van der Waals surface area contributed by atoms with Gasteiger partial charge in [0, 0.05) is 4.88 Å². The highest BCUT2D eigenvalue weighted by Crippen LogP contribution is 2.33. The molecule has 0 spiro atoms. The number of nitrogens with zero attached hydrogens (tertiary/aromatic N) is 1. The molecule has 2 aromatic rings. The third kappa shape index (κ3) is 2.17. The van der Waals surface area contributed by atoms with Gasteiger partial charge in [-0.25, -0.2) is 0 Å². The monoisotopic (exact) mass is 281 g/mol. The van der Waals surface area contributed by atoms with E-state index in [1.165, 1.54) is 16.9 Å².